The summed E-state index contributed by atoms with van der Waals surface area (Å²) in [7, 11) is 6.74. The first kappa shape index (κ1) is 13.3. The number of nitrogens with zero attached hydrogens (tertiary/aromatic N) is 2. The van der Waals surface area contributed by atoms with E-state index in [0.29, 0.717) is 6.04 Å². The molecule has 100 valence electrons. The summed E-state index contributed by atoms with van der Waals surface area (Å²) >= 11 is 0. The zero-order valence-corrected chi connectivity index (χ0v) is 11.8. The second-order valence-electron chi connectivity index (χ2n) is 5.97. The van der Waals surface area contributed by atoms with Crippen molar-refractivity contribution >= 4 is 0 Å². The summed E-state index contributed by atoms with van der Waals surface area (Å²) in [5.74, 6) is 0. The Balaban J connectivity index is 1.94. The Morgan fingerprint density at radius 1 is 1.12 bits per heavy atom. The molecule has 0 aromatic carbocycles. The van der Waals surface area contributed by atoms with Crippen LogP contribution in [-0.2, 0) is 0 Å². The smallest absolute Gasteiger partial charge is 0.0249 e. The van der Waals surface area contributed by atoms with Gasteiger partial charge in [0.15, 0.2) is 0 Å². The van der Waals surface area contributed by atoms with Crippen molar-refractivity contribution in [2.45, 2.75) is 56.7 Å². The normalized spacial score (nSPS) is 36.4. The average Bonchev–Trinajstić information content (AvgIpc) is 2.38. The SMILES string of the molecule is CNC1CCCCC1N(C)C1CCCN(C)C1. The molecule has 1 saturated carbocycles. The zero-order chi connectivity index (χ0) is 12.3. The van der Waals surface area contributed by atoms with E-state index in [9.17, 15) is 0 Å². The minimum Gasteiger partial charge on any atom is -0.315 e. The molecule has 0 spiro atoms. The maximum absolute atomic E-state index is 3.53. The minimum absolute atomic E-state index is 0.709. The minimum atomic E-state index is 0.709. The highest BCUT2D eigenvalue weighted by atomic mass is 15.2. The molecule has 1 saturated heterocycles. The number of hydrogen-bond donors (Lipinski definition) is 1. The quantitative estimate of drug-likeness (QED) is 0.806. The van der Waals surface area contributed by atoms with Gasteiger partial charge in [0.2, 0.25) is 0 Å². The van der Waals surface area contributed by atoms with Gasteiger partial charge < -0.3 is 10.2 Å². The summed E-state index contributed by atoms with van der Waals surface area (Å²) in [6.07, 6.45) is 8.29. The van der Waals surface area contributed by atoms with Gasteiger partial charge in [0.05, 0.1) is 0 Å². The van der Waals surface area contributed by atoms with Crippen LogP contribution in [-0.4, -0.2) is 62.2 Å². The first-order chi connectivity index (χ1) is 8.22. The lowest BCUT2D eigenvalue weighted by Crippen LogP contribution is -2.56. The summed E-state index contributed by atoms with van der Waals surface area (Å²) in [5, 5.41) is 3.53. The van der Waals surface area contributed by atoms with Crippen molar-refractivity contribution < 1.29 is 0 Å². The lowest BCUT2D eigenvalue weighted by atomic mass is 9.88. The van der Waals surface area contributed by atoms with Crippen LogP contribution in [0.2, 0.25) is 0 Å². The molecule has 1 aliphatic heterocycles. The van der Waals surface area contributed by atoms with Gasteiger partial charge in [-0.05, 0) is 53.4 Å². The van der Waals surface area contributed by atoms with Gasteiger partial charge in [-0.25, -0.2) is 0 Å². The summed E-state index contributed by atoms with van der Waals surface area (Å²) in [4.78, 5) is 5.16. The fraction of sp³-hybridized carbons (Fsp3) is 1.00. The Labute approximate surface area is 107 Å². The number of piperidine rings is 1. The van der Waals surface area contributed by atoms with Crippen LogP contribution < -0.4 is 5.32 Å². The van der Waals surface area contributed by atoms with Gasteiger partial charge in [-0.2, -0.15) is 0 Å². The van der Waals surface area contributed by atoms with Crippen molar-refractivity contribution in [2.24, 2.45) is 0 Å². The van der Waals surface area contributed by atoms with E-state index >= 15 is 0 Å². The molecule has 2 aliphatic rings. The van der Waals surface area contributed by atoms with Gasteiger partial charge in [-0.3, -0.25) is 4.90 Å². The highest BCUT2D eigenvalue weighted by Gasteiger charge is 2.32. The van der Waals surface area contributed by atoms with Crippen molar-refractivity contribution in [3.05, 3.63) is 0 Å². The van der Waals surface area contributed by atoms with Crippen LogP contribution in [0.3, 0.4) is 0 Å². The fourth-order valence-electron chi connectivity index (χ4n) is 3.68. The Bertz CT molecular complexity index is 232. The molecule has 3 unspecified atom stereocenters. The van der Waals surface area contributed by atoms with Crippen molar-refractivity contribution in [1.29, 1.82) is 0 Å². The first-order valence-corrected chi connectivity index (χ1v) is 7.30. The average molecular weight is 239 g/mol. The number of hydrogen-bond acceptors (Lipinski definition) is 3. The second kappa shape index (κ2) is 6.17. The Kier molecular flexibility index (Phi) is 4.83. The van der Waals surface area contributed by atoms with Crippen LogP contribution in [0.5, 0.6) is 0 Å². The third-order valence-corrected chi connectivity index (χ3v) is 4.80. The van der Waals surface area contributed by atoms with Gasteiger partial charge >= 0.3 is 0 Å². The van der Waals surface area contributed by atoms with E-state index < -0.39 is 0 Å². The molecule has 0 radical (unpaired) electrons. The van der Waals surface area contributed by atoms with Gasteiger partial charge in [0, 0.05) is 24.7 Å². The number of rotatable bonds is 3. The number of likely N-dealkylation sites (N-methyl/N-ethyl adjacent to an activating group) is 3. The van der Waals surface area contributed by atoms with E-state index in [1.807, 2.05) is 0 Å². The maximum Gasteiger partial charge on any atom is 0.0249 e. The summed E-state index contributed by atoms with van der Waals surface area (Å²) in [6, 6.07) is 2.24. The fourth-order valence-corrected chi connectivity index (χ4v) is 3.68. The second-order valence-corrected chi connectivity index (χ2v) is 5.97. The molecule has 3 atom stereocenters. The van der Waals surface area contributed by atoms with Gasteiger partial charge in [-0.15, -0.1) is 0 Å². The molecule has 17 heavy (non-hydrogen) atoms. The lowest BCUT2D eigenvalue weighted by Gasteiger charge is -2.44. The first-order valence-electron chi connectivity index (χ1n) is 7.30. The summed E-state index contributed by atoms with van der Waals surface area (Å²) < 4.78 is 0. The van der Waals surface area contributed by atoms with E-state index in [1.54, 1.807) is 0 Å². The highest BCUT2D eigenvalue weighted by molar-refractivity contribution is 4.90. The molecular formula is C14H29N3. The van der Waals surface area contributed by atoms with Crippen molar-refractivity contribution in [3.63, 3.8) is 0 Å². The van der Waals surface area contributed by atoms with Crippen LogP contribution in [0.1, 0.15) is 38.5 Å². The third kappa shape index (κ3) is 3.21. The van der Waals surface area contributed by atoms with Crippen LogP contribution in [0.4, 0.5) is 0 Å². The molecule has 3 heteroatoms. The summed E-state index contributed by atoms with van der Waals surface area (Å²) in [6.45, 7) is 2.54. The monoisotopic (exact) mass is 239 g/mol. The van der Waals surface area contributed by atoms with Gasteiger partial charge in [-0.1, -0.05) is 12.8 Å². The third-order valence-electron chi connectivity index (χ3n) is 4.80. The van der Waals surface area contributed by atoms with Crippen molar-refractivity contribution in [1.82, 2.24) is 15.1 Å². The predicted molar refractivity (Wildman–Crippen MR) is 73.4 cm³/mol. The van der Waals surface area contributed by atoms with Crippen molar-refractivity contribution in [3.8, 4) is 0 Å². The molecule has 0 amide bonds. The predicted octanol–water partition coefficient (Wildman–Crippen LogP) is 1.54. The Hall–Kier alpha value is -0.120. The van der Waals surface area contributed by atoms with Crippen LogP contribution in [0.15, 0.2) is 0 Å². The molecular weight excluding hydrogens is 210 g/mol. The van der Waals surface area contributed by atoms with E-state index in [-0.39, 0.29) is 0 Å². The molecule has 3 nitrogen and oxygen atoms in total. The number of nitrogens with one attached hydrogen (secondary N) is 1. The van der Waals surface area contributed by atoms with Crippen LogP contribution in [0.25, 0.3) is 0 Å². The molecule has 1 aliphatic carbocycles. The largest absolute Gasteiger partial charge is 0.315 e. The van der Waals surface area contributed by atoms with Crippen LogP contribution >= 0.6 is 0 Å². The van der Waals surface area contributed by atoms with Gasteiger partial charge in [0.1, 0.15) is 0 Å². The number of likely N-dealkylation sites (tertiary alicyclic amines) is 1. The topological polar surface area (TPSA) is 18.5 Å². The van der Waals surface area contributed by atoms with E-state index in [4.69, 9.17) is 0 Å². The molecule has 2 rings (SSSR count). The van der Waals surface area contributed by atoms with Gasteiger partial charge in [0.25, 0.3) is 0 Å². The Morgan fingerprint density at radius 3 is 2.59 bits per heavy atom. The summed E-state index contributed by atoms with van der Waals surface area (Å²) in [5.41, 5.74) is 0. The molecule has 0 bridgehead atoms. The van der Waals surface area contributed by atoms with E-state index in [2.05, 4.69) is 36.3 Å². The molecule has 0 aromatic heterocycles. The van der Waals surface area contributed by atoms with E-state index in [0.717, 1.165) is 12.1 Å². The maximum atomic E-state index is 3.53. The zero-order valence-electron chi connectivity index (χ0n) is 11.8. The highest BCUT2D eigenvalue weighted by Crippen LogP contribution is 2.26. The molecule has 1 heterocycles. The standard InChI is InChI=1S/C14H29N3/c1-15-13-8-4-5-9-14(13)17(3)12-7-6-10-16(2)11-12/h12-15H,4-11H2,1-3H3. The van der Waals surface area contributed by atoms with Crippen LogP contribution in [0, 0.1) is 0 Å². The van der Waals surface area contributed by atoms with Crippen molar-refractivity contribution in [2.75, 3.05) is 34.2 Å². The molecule has 0 aromatic rings. The lowest BCUT2D eigenvalue weighted by molar-refractivity contribution is 0.0653. The van der Waals surface area contributed by atoms with E-state index in [1.165, 1.54) is 51.6 Å². The Morgan fingerprint density at radius 2 is 1.88 bits per heavy atom. The molecule has 1 N–H and O–H groups in total. The molecule has 2 fully saturated rings.